The van der Waals surface area contributed by atoms with E-state index in [4.69, 9.17) is 9.47 Å². The van der Waals surface area contributed by atoms with Crippen LogP contribution in [0.3, 0.4) is 0 Å². The van der Waals surface area contributed by atoms with Gasteiger partial charge < -0.3 is 14.8 Å². The van der Waals surface area contributed by atoms with E-state index < -0.39 is 0 Å². The zero-order chi connectivity index (χ0) is 12.0. The summed E-state index contributed by atoms with van der Waals surface area (Å²) in [6.45, 7) is 7.36. The van der Waals surface area contributed by atoms with Crippen molar-refractivity contribution in [1.82, 2.24) is 5.32 Å². The SMILES string of the molecule is CCCCNC(=O)OCC1CC(C)C(C)O1. The molecule has 0 radical (unpaired) electrons. The highest BCUT2D eigenvalue weighted by molar-refractivity contribution is 5.67. The quantitative estimate of drug-likeness (QED) is 0.736. The molecule has 3 atom stereocenters. The van der Waals surface area contributed by atoms with Crippen LogP contribution >= 0.6 is 0 Å². The number of rotatable bonds is 5. The molecule has 1 fully saturated rings. The molecular weight excluding hydrogens is 206 g/mol. The number of ether oxygens (including phenoxy) is 2. The van der Waals surface area contributed by atoms with E-state index in [0.29, 0.717) is 19.1 Å². The van der Waals surface area contributed by atoms with Gasteiger partial charge in [-0.15, -0.1) is 0 Å². The van der Waals surface area contributed by atoms with Crippen molar-refractivity contribution < 1.29 is 14.3 Å². The molecule has 4 nitrogen and oxygen atoms in total. The topological polar surface area (TPSA) is 47.6 Å². The van der Waals surface area contributed by atoms with Crippen LogP contribution in [0.5, 0.6) is 0 Å². The number of carbonyl (C=O) groups excluding carboxylic acids is 1. The summed E-state index contributed by atoms with van der Waals surface area (Å²) >= 11 is 0. The second kappa shape index (κ2) is 6.74. The van der Waals surface area contributed by atoms with Gasteiger partial charge in [0.15, 0.2) is 0 Å². The van der Waals surface area contributed by atoms with Crippen molar-refractivity contribution in [3.63, 3.8) is 0 Å². The monoisotopic (exact) mass is 229 g/mol. The van der Waals surface area contributed by atoms with Crippen LogP contribution in [0.15, 0.2) is 0 Å². The number of hydrogen-bond acceptors (Lipinski definition) is 3. The third kappa shape index (κ3) is 4.39. The van der Waals surface area contributed by atoms with E-state index in [0.717, 1.165) is 19.3 Å². The van der Waals surface area contributed by atoms with Gasteiger partial charge in [0.05, 0.1) is 12.2 Å². The van der Waals surface area contributed by atoms with Gasteiger partial charge in [0.2, 0.25) is 0 Å². The molecule has 1 aliphatic heterocycles. The van der Waals surface area contributed by atoms with E-state index >= 15 is 0 Å². The van der Waals surface area contributed by atoms with Crippen molar-refractivity contribution in [3.8, 4) is 0 Å². The Labute approximate surface area is 97.7 Å². The third-order valence-corrected chi connectivity index (χ3v) is 3.04. The maximum atomic E-state index is 11.2. The minimum Gasteiger partial charge on any atom is -0.447 e. The van der Waals surface area contributed by atoms with Gasteiger partial charge in [0, 0.05) is 6.54 Å². The minimum absolute atomic E-state index is 0.0712. The van der Waals surface area contributed by atoms with Gasteiger partial charge in [-0.25, -0.2) is 4.79 Å². The molecule has 94 valence electrons. The van der Waals surface area contributed by atoms with Crippen molar-refractivity contribution in [2.24, 2.45) is 5.92 Å². The average Bonchev–Trinajstić information content (AvgIpc) is 2.56. The molecule has 1 N–H and O–H groups in total. The summed E-state index contributed by atoms with van der Waals surface area (Å²) in [6, 6.07) is 0. The zero-order valence-electron chi connectivity index (χ0n) is 10.5. The van der Waals surface area contributed by atoms with Crippen LogP contribution in [0.1, 0.15) is 40.0 Å². The lowest BCUT2D eigenvalue weighted by Crippen LogP contribution is -2.28. The van der Waals surface area contributed by atoms with Crippen molar-refractivity contribution >= 4 is 6.09 Å². The average molecular weight is 229 g/mol. The van der Waals surface area contributed by atoms with Gasteiger partial charge in [0.25, 0.3) is 0 Å². The molecule has 3 unspecified atom stereocenters. The van der Waals surface area contributed by atoms with Crippen LogP contribution in [-0.4, -0.2) is 31.5 Å². The number of amides is 1. The molecule has 16 heavy (non-hydrogen) atoms. The smallest absolute Gasteiger partial charge is 0.407 e. The highest BCUT2D eigenvalue weighted by atomic mass is 16.6. The molecule has 0 spiro atoms. The molecule has 0 aromatic carbocycles. The third-order valence-electron chi connectivity index (χ3n) is 3.04. The first-order valence-electron chi connectivity index (χ1n) is 6.19. The van der Waals surface area contributed by atoms with Crippen molar-refractivity contribution in [2.75, 3.05) is 13.2 Å². The van der Waals surface area contributed by atoms with Crippen molar-refractivity contribution in [3.05, 3.63) is 0 Å². The molecule has 1 heterocycles. The predicted molar refractivity (Wildman–Crippen MR) is 62.4 cm³/mol. The zero-order valence-corrected chi connectivity index (χ0v) is 10.5. The largest absolute Gasteiger partial charge is 0.447 e. The summed E-state index contributed by atoms with van der Waals surface area (Å²) in [5.74, 6) is 0.553. The van der Waals surface area contributed by atoms with Gasteiger partial charge in [-0.3, -0.25) is 0 Å². The van der Waals surface area contributed by atoms with E-state index in [1.54, 1.807) is 0 Å². The first-order chi connectivity index (χ1) is 7.63. The second-order valence-electron chi connectivity index (χ2n) is 4.55. The number of alkyl carbamates (subject to hydrolysis) is 1. The van der Waals surface area contributed by atoms with Gasteiger partial charge in [-0.1, -0.05) is 20.3 Å². The second-order valence-corrected chi connectivity index (χ2v) is 4.55. The van der Waals surface area contributed by atoms with Gasteiger partial charge in [-0.05, 0) is 25.7 Å². The van der Waals surface area contributed by atoms with Crippen LogP contribution in [0.2, 0.25) is 0 Å². The standard InChI is InChI=1S/C12H23NO3/c1-4-5-6-13-12(14)15-8-11-7-9(2)10(3)16-11/h9-11H,4-8H2,1-3H3,(H,13,14). The number of nitrogens with one attached hydrogen (secondary N) is 1. The molecule has 1 amide bonds. The summed E-state index contributed by atoms with van der Waals surface area (Å²) in [7, 11) is 0. The van der Waals surface area contributed by atoms with Gasteiger partial charge in [0.1, 0.15) is 6.61 Å². The predicted octanol–water partition coefficient (Wildman–Crippen LogP) is 2.33. The van der Waals surface area contributed by atoms with Crippen LogP contribution in [0.4, 0.5) is 4.79 Å². The van der Waals surface area contributed by atoms with Crippen LogP contribution in [0, 0.1) is 5.92 Å². The summed E-state index contributed by atoms with van der Waals surface area (Å²) in [4.78, 5) is 11.2. The molecule has 1 aliphatic rings. The molecule has 0 aromatic rings. The van der Waals surface area contributed by atoms with Crippen molar-refractivity contribution in [1.29, 1.82) is 0 Å². The molecule has 0 aliphatic carbocycles. The summed E-state index contributed by atoms with van der Waals surface area (Å²) < 4.78 is 10.7. The fourth-order valence-electron chi connectivity index (χ4n) is 1.79. The summed E-state index contributed by atoms with van der Waals surface area (Å²) in [5, 5.41) is 2.71. The Balaban J connectivity index is 2.08. The Bertz CT molecular complexity index is 210. The number of unbranched alkanes of at least 4 members (excludes halogenated alkanes) is 1. The highest BCUT2D eigenvalue weighted by Gasteiger charge is 2.29. The van der Waals surface area contributed by atoms with E-state index in [2.05, 4.69) is 26.1 Å². The molecule has 1 saturated heterocycles. The van der Waals surface area contributed by atoms with Crippen LogP contribution < -0.4 is 5.32 Å². The Morgan fingerprint density at radius 2 is 2.25 bits per heavy atom. The maximum Gasteiger partial charge on any atom is 0.407 e. The van der Waals surface area contributed by atoms with Crippen LogP contribution in [0.25, 0.3) is 0 Å². The highest BCUT2D eigenvalue weighted by Crippen LogP contribution is 2.25. The van der Waals surface area contributed by atoms with E-state index in [1.807, 2.05) is 0 Å². The van der Waals surface area contributed by atoms with E-state index in [9.17, 15) is 4.79 Å². The summed E-state index contributed by atoms with van der Waals surface area (Å²) in [5.41, 5.74) is 0. The van der Waals surface area contributed by atoms with Gasteiger partial charge in [-0.2, -0.15) is 0 Å². The molecule has 1 rings (SSSR count). The number of carbonyl (C=O) groups is 1. The minimum atomic E-state index is -0.329. The molecular formula is C12H23NO3. The Kier molecular flexibility index (Phi) is 5.60. The molecule has 0 saturated carbocycles. The molecule has 0 aromatic heterocycles. The fraction of sp³-hybridized carbons (Fsp3) is 0.917. The van der Waals surface area contributed by atoms with Gasteiger partial charge >= 0.3 is 6.09 Å². The number of hydrogen-bond donors (Lipinski definition) is 1. The lowest BCUT2D eigenvalue weighted by molar-refractivity contribution is 0.00776. The van der Waals surface area contributed by atoms with E-state index in [-0.39, 0.29) is 18.3 Å². The Morgan fingerprint density at radius 3 is 2.81 bits per heavy atom. The molecule has 4 heteroatoms. The summed E-state index contributed by atoms with van der Waals surface area (Å²) in [6.07, 6.45) is 3.05. The Morgan fingerprint density at radius 1 is 1.50 bits per heavy atom. The lowest BCUT2D eigenvalue weighted by Gasteiger charge is -2.12. The fourth-order valence-corrected chi connectivity index (χ4v) is 1.79. The van der Waals surface area contributed by atoms with Crippen molar-refractivity contribution in [2.45, 2.75) is 52.2 Å². The normalized spacial score (nSPS) is 29.1. The van der Waals surface area contributed by atoms with Crippen LogP contribution in [-0.2, 0) is 9.47 Å². The maximum absolute atomic E-state index is 11.2. The lowest BCUT2D eigenvalue weighted by atomic mass is 10.0. The first-order valence-corrected chi connectivity index (χ1v) is 6.19. The first kappa shape index (κ1) is 13.3. The molecule has 0 bridgehead atoms. The van der Waals surface area contributed by atoms with E-state index in [1.165, 1.54) is 0 Å². The Hall–Kier alpha value is -0.770.